The predicted molar refractivity (Wildman–Crippen MR) is 98.5 cm³/mol. The Morgan fingerprint density at radius 1 is 1.15 bits per heavy atom. The molecule has 0 bridgehead atoms. The highest BCUT2D eigenvalue weighted by molar-refractivity contribution is 6.30. The molecular formula is C19H19ClN2O4. The van der Waals surface area contributed by atoms with E-state index in [0.29, 0.717) is 28.8 Å². The van der Waals surface area contributed by atoms with Gasteiger partial charge in [-0.1, -0.05) is 23.7 Å². The molecule has 1 N–H and O–H groups in total. The first-order valence-corrected chi connectivity index (χ1v) is 8.59. The van der Waals surface area contributed by atoms with E-state index in [2.05, 4.69) is 5.32 Å². The molecule has 0 radical (unpaired) electrons. The quantitative estimate of drug-likeness (QED) is 0.843. The Bertz CT molecular complexity index is 825. The van der Waals surface area contributed by atoms with E-state index in [1.807, 2.05) is 18.2 Å². The molecule has 0 fully saturated rings. The van der Waals surface area contributed by atoms with Crippen molar-refractivity contribution in [3.05, 3.63) is 53.1 Å². The van der Waals surface area contributed by atoms with Gasteiger partial charge in [-0.2, -0.15) is 0 Å². The third-order valence-corrected chi connectivity index (χ3v) is 4.22. The van der Waals surface area contributed by atoms with Crippen LogP contribution in [-0.2, 0) is 16.1 Å². The summed E-state index contributed by atoms with van der Waals surface area (Å²) in [5.41, 5.74) is 1.59. The van der Waals surface area contributed by atoms with E-state index in [-0.39, 0.29) is 31.6 Å². The number of carbonyl (C=O) groups excluding carboxylic acids is 2. The Hall–Kier alpha value is -2.73. The van der Waals surface area contributed by atoms with Crippen molar-refractivity contribution in [2.45, 2.75) is 19.9 Å². The molecule has 0 atom stereocenters. The topological polar surface area (TPSA) is 67.9 Å². The van der Waals surface area contributed by atoms with Crippen molar-refractivity contribution in [1.29, 1.82) is 0 Å². The van der Waals surface area contributed by atoms with E-state index in [1.54, 1.807) is 24.3 Å². The number of nitrogens with one attached hydrogen (secondary N) is 1. The third kappa shape index (κ3) is 4.46. The molecule has 2 aromatic carbocycles. The van der Waals surface area contributed by atoms with Gasteiger partial charge in [0.05, 0.1) is 0 Å². The highest BCUT2D eigenvalue weighted by atomic mass is 35.5. The Labute approximate surface area is 156 Å². The lowest BCUT2D eigenvalue weighted by atomic mass is 10.2. The van der Waals surface area contributed by atoms with Gasteiger partial charge in [0.2, 0.25) is 18.6 Å². The summed E-state index contributed by atoms with van der Waals surface area (Å²) in [6.45, 7) is 2.34. The van der Waals surface area contributed by atoms with Crippen LogP contribution >= 0.6 is 11.6 Å². The Kier molecular flexibility index (Phi) is 5.63. The number of nitrogens with zero attached hydrogens (tertiary/aromatic N) is 1. The van der Waals surface area contributed by atoms with Crippen LogP contribution in [0.15, 0.2) is 42.5 Å². The van der Waals surface area contributed by atoms with Crippen molar-refractivity contribution in [3.63, 3.8) is 0 Å². The lowest BCUT2D eigenvalue weighted by Gasteiger charge is -2.21. The van der Waals surface area contributed by atoms with Crippen LogP contribution in [0.3, 0.4) is 0 Å². The molecule has 0 saturated heterocycles. The average molecular weight is 375 g/mol. The number of hydrogen-bond acceptors (Lipinski definition) is 4. The van der Waals surface area contributed by atoms with Crippen molar-refractivity contribution in [3.8, 4) is 11.5 Å². The first-order valence-electron chi connectivity index (χ1n) is 8.22. The van der Waals surface area contributed by atoms with E-state index in [1.165, 1.54) is 11.8 Å². The number of ether oxygens (including phenoxy) is 2. The van der Waals surface area contributed by atoms with Crippen molar-refractivity contribution in [1.82, 2.24) is 5.32 Å². The van der Waals surface area contributed by atoms with Crippen LogP contribution in [0.2, 0.25) is 5.02 Å². The summed E-state index contributed by atoms with van der Waals surface area (Å²) in [6.07, 6.45) is 0.191. The van der Waals surface area contributed by atoms with Gasteiger partial charge < -0.3 is 19.7 Å². The minimum Gasteiger partial charge on any atom is -0.454 e. The molecule has 3 rings (SSSR count). The van der Waals surface area contributed by atoms with E-state index in [4.69, 9.17) is 21.1 Å². The fourth-order valence-corrected chi connectivity index (χ4v) is 2.85. The summed E-state index contributed by atoms with van der Waals surface area (Å²) in [5.74, 6) is 1.10. The summed E-state index contributed by atoms with van der Waals surface area (Å²) in [6, 6.07) is 12.5. The minimum absolute atomic E-state index is 0.143. The van der Waals surface area contributed by atoms with Crippen molar-refractivity contribution < 1.29 is 19.1 Å². The smallest absolute Gasteiger partial charge is 0.231 e. The number of carbonyl (C=O) groups is 2. The Morgan fingerprint density at radius 3 is 2.73 bits per heavy atom. The molecule has 0 saturated carbocycles. The highest BCUT2D eigenvalue weighted by Gasteiger charge is 2.15. The summed E-state index contributed by atoms with van der Waals surface area (Å²) >= 11 is 5.98. The zero-order chi connectivity index (χ0) is 18.5. The first-order chi connectivity index (χ1) is 12.5. The molecule has 0 spiro atoms. The Balaban J connectivity index is 1.53. The summed E-state index contributed by atoms with van der Waals surface area (Å²) in [5, 5.41) is 3.39. The van der Waals surface area contributed by atoms with E-state index in [9.17, 15) is 9.59 Å². The molecule has 26 heavy (non-hydrogen) atoms. The van der Waals surface area contributed by atoms with Gasteiger partial charge in [0.1, 0.15) is 0 Å². The molecular weight excluding hydrogens is 356 g/mol. The molecule has 1 aliphatic rings. The maximum Gasteiger partial charge on any atom is 0.231 e. The van der Waals surface area contributed by atoms with Crippen LogP contribution < -0.4 is 19.7 Å². The molecule has 2 aromatic rings. The Morgan fingerprint density at radius 2 is 1.96 bits per heavy atom. The number of anilines is 1. The van der Waals surface area contributed by atoms with E-state index >= 15 is 0 Å². The fraction of sp³-hybridized carbons (Fsp3) is 0.263. The summed E-state index contributed by atoms with van der Waals surface area (Å²) in [7, 11) is 0. The molecule has 0 aliphatic carbocycles. The third-order valence-electron chi connectivity index (χ3n) is 3.99. The molecule has 2 amide bonds. The van der Waals surface area contributed by atoms with Crippen molar-refractivity contribution in [2.75, 3.05) is 18.2 Å². The van der Waals surface area contributed by atoms with Gasteiger partial charge in [-0.25, -0.2) is 0 Å². The number of hydrogen-bond donors (Lipinski definition) is 1. The monoisotopic (exact) mass is 374 g/mol. The zero-order valence-electron chi connectivity index (χ0n) is 14.3. The zero-order valence-corrected chi connectivity index (χ0v) is 15.1. The van der Waals surface area contributed by atoms with Crippen LogP contribution in [0.4, 0.5) is 5.69 Å². The molecule has 136 valence electrons. The number of rotatable bonds is 6. The predicted octanol–water partition coefficient (Wildman–Crippen LogP) is 3.13. The van der Waals surface area contributed by atoms with Crippen LogP contribution in [-0.4, -0.2) is 25.2 Å². The van der Waals surface area contributed by atoms with Crippen LogP contribution in [0.5, 0.6) is 11.5 Å². The normalized spacial score (nSPS) is 11.9. The SMILES string of the molecule is CC(=O)N(CCC(=O)NCc1ccc2c(c1)OCO2)c1cccc(Cl)c1. The van der Waals surface area contributed by atoms with Crippen LogP contribution in [0.25, 0.3) is 0 Å². The molecule has 6 nitrogen and oxygen atoms in total. The molecule has 0 aromatic heterocycles. The fourth-order valence-electron chi connectivity index (χ4n) is 2.67. The summed E-state index contributed by atoms with van der Waals surface area (Å²) in [4.78, 5) is 25.6. The number of benzene rings is 2. The second-order valence-corrected chi connectivity index (χ2v) is 6.30. The summed E-state index contributed by atoms with van der Waals surface area (Å²) < 4.78 is 10.6. The van der Waals surface area contributed by atoms with Crippen LogP contribution in [0, 0.1) is 0 Å². The first kappa shape index (κ1) is 18.1. The van der Waals surface area contributed by atoms with Gasteiger partial charge in [-0.3, -0.25) is 9.59 Å². The lowest BCUT2D eigenvalue weighted by Crippen LogP contribution is -2.33. The van der Waals surface area contributed by atoms with Gasteiger partial charge >= 0.3 is 0 Å². The lowest BCUT2D eigenvalue weighted by molar-refractivity contribution is -0.121. The second-order valence-electron chi connectivity index (χ2n) is 5.86. The van der Waals surface area contributed by atoms with Crippen molar-refractivity contribution in [2.24, 2.45) is 0 Å². The van der Waals surface area contributed by atoms with Gasteiger partial charge in [0.15, 0.2) is 11.5 Å². The van der Waals surface area contributed by atoms with E-state index in [0.717, 1.165) is 5.56 Å². The van der Waals surface area contributed by atoms with E-state index < -0.39 is 0 Å². The number of halogens is 1. The van der Waals surface area contributed by atoms with Gasteiger partial charge in [0, 0.05) is 37.1 Å². The maximum absolute atomic E-state index is 12.1. The van der Waals surface area contributed by atoms with Gasteiger partial charge in [-0.05, 0) is 35.9 Å². The maximum atomic E-state index is 12.1. The standard InChI is InChI=1S/C19H19ClN2O4/c1-13(23)22(16-4-2-3-15(20)10-16)8-7-19(24)21-11-14-5-6-17-18(9-14)26-12-25-17/h2-6,9-10H,7-8,11-12H2,1H3,(H,21,24). The molecule has 7 heteroatoms. The van der Waals surface area contributed by atoms with Gasteiger partial charge in [-0.15, -0.1) is 0 Å². The molecule has 1 aliphatic heterocycles. The molecule has 1 heterocycles. The van der Waals surface area contributed by atoms with Gasteiger partial charge in [0.25, 0.3) is 0 Å². The number of fused-ring (bicyclic) bond motifs is 1. The number of amides is 2. The average Bonchev–Trinajstić information content (AvgIpc) is 3.07. The highest BCUT2D eigenvalue weighted by Crippen LogP contribution is 2.32. The largest absolute Gasteiger partial charge is 0.454 e. The second kappa shape index (κ2) is 8.10. The van der Waals surface area contributed by atoms with Crippen molar-refractivity contribution >= 4 is 29.1 Å². The minimum atomic E-state index is -0.143. The van der Waals surface area contributed by atoms with Crippen LogP contribution in [0.1, 0.15) is 18.9 Å². The molecule has 0 unspecified atom stereocenters.